The van der Waals surface area contributed by atoms with Crippen LogP contribution in [-0.2, 0) is 4.79 Å². The van der Waals surface area contributed by atoms with E-state index in [1.54, 1.807) is 30.1 Å². The van der Waals surface area contributed by atoms with Crippen molar-refractivity contribution in [3.8, 4) is 23.0 Å². The molecule has 0 aliphatic carbocycles. The van der Waals surface area contributed by atoms with Gasteiger partial charge < -0.3 is 19.9 Å². The Morgan fingerprint density at radius 2 is 2.00 bits per heavy atom. The van der Waals surface area contributed by atoms with Crippen molar-refractivity contribution in [2.45, 2.75) is 25.0 Å². The number of rotatable bonds is 3. The van der Waals surface area contributed by atoms with E-state index in [2.05, 4.69) is 30.4 Å². The normalized spacial score (nSPS) is 18.4. The number of carbonyl (C=O) groups is 1. The molecule has 4 bridgehead atoms. The van der Waals surface area contributed by atoms with Crippen molar-refractivity contribution in [2.24, 2.45) is 0 Å². The number of carbonyl (C=O) groups excluding carboxylic acids is 1. The van der Waals surface area contributed by atoms with Gasteiger partial charge in [-0.15, -0.1) is 0 Å². The first-order valence-electron chi connectivity index (χ1n) is 14.5. The van der Waals surface area contributed by atoms with Gasteiger partial charge in [0.15, 0.2) is 11.5 Å². The molecular weight excluding hydrogens is 602 g/mol. The first-order chi connectivity index (χ1) is 22.3. The third kappa shape index (κ3) is 5.16. The molecule has 1 saturated heterocycles. The summed E-state index contributed by atoms with van der Waals surface area (Å²) < 4.78 is 35.8. The number of nitrogens with zero attached hydrogens (tertiary/aromatic N) is 9. The van der Waals surface area contributed by atoms with Crippen molar-refractivity contribution in [3.05, 3.63) is 82.9 Å². The number of halogens is 2. The standard InChI is InChI=1S/C30H26F2N10O4/c1-39-11-3-9-33-26-19(4-2-5-24(26)42(44)45)22-8-10-34-30(38-22)46-18-13-25(29(39)43)40(15-18)27-20-14-37-41(28(20)36-16-35-27)23-7-6-17(31)12-21(23)32/h2,4-8,10,12,14,16,18,25,33H,3,9,11,13,15H2,1H3/t18-,25-/m0/s1. The second-order valence-corrected chi connectivity index (χ2v) is 11.0. The fourth-order valence-electron chi connectivity index (χ4n) is 5.92. The van der Waals surface area contributed by atoms with Crippen LogP contribution in [0.2, 0.25) is 0 Å². The van der Waals surface area contributed by atoms with Crippen LogP contribution in [0.3, 0.4) is 0 Å². The molecule has 5 aromatic rings. The van der Waals surface area contributed by atoms with Crippen LogP contribution in [0.1, 0.15) is 12.8 Å². The zero-order valence-corrected chi connectivity index (χ0v) is 24.4. The summed E-state index contributed by atoms with van der Waals surface area (Å²) in [6.45, 7) is 0.947. The molecule has 2 aliphatic rings. The zero-order valence-electron chi connectivity index (χ0n) is 24.4. The van der Waals surface area contributed by atoms with Gasteiger partial charge in [-0.25, -0.2) is 28.4 Å². The average Bonchev–Trinajstić information content (AvgIpc) is 3.67. The number of aromatic nitrogens is 6. The molecule has 0 unspecified atom stereocenters. The van der Waals surface area contributed by atoms with Crippen LogP contribution >= 0.6 is 0 Å². The lowest BCUT2D eigenvalue weighted by molar-refractivity contribution is -0.383. The molecule has 16 heteroatoms. The number of benzene rings is 2. The number of nitro groups is 1. The lowest BCUT2D eigenvalue weighted by atomic mass is 10.1. The predicted molar refractivity (Wildman–Crippen MR) is 162 cm³/mol. The molecule has 0 saturated carbocycles. The van der Waals surface area contributed by atoms with Gasteiger partial charge in [0.05, 0.1) is 28.7 Å². The maximum Gasteiger partial charge on any atom is 0.317 e. The highest BCUT2D eigenvalue weighted by Gasteiger charge is 2.41. The number of fused-ring (bicyclic) bond motifs is 7. The summed E-state index contributed by atoms with van der Waals surface area (Å²) in [7, 11) is 1.69. The number of para-hydroxylation sites is 1. The van der Waals surface area contributed by atoms with Gasteiger partial charge in [-0.1, -0.05) is 12.1 Å². The Bertz CT molecular complexity index is 1990. The molecule has 2 aromatic carbocycles. The van der Waals surface area contributed by atoms with Crippen LogP contribution in [-0.4, -0.2) is 84.3 Å². The molecule has 46 heavy (non-hydrogen) atoms. The Kier molecular flexibility index (Phi) is 7.30. The summed E-state index contributed by atoms with van der Waals surface area (Å²) in [5, 5.41) is 19.8. The monoisotopic (exact) mass is 628 g/mol. The predicted octanol–water partition coefficient (Wildman–Crippen LogP) is 3.76. The van der Waals surface area contributed by atoms with E-state index >= 15 is 0 Å². The molecule has 14 nitrogen and oxygen atoms in total. The SMILES string of the molecule is CN1CCCNc2c(cccc2[N+](=O)[O-])-c2ccnc(n2)O[C@H]2C[C@@H](C1=O)N(c1ncnc3c1cnn3-c1ccc(F)cc1F)C2. The van der Waals surface area contributed by atoms with E-state index in [0.717, 1.165) is 12.1 Å². The van der Waals surface area contributed by atoms with E-state index in [1.807, 2.05) is 4.90 Å². The summed E-state index contributed by atoms with van der Waals surface area (Å²) in [5.74, 6) is -1.32. The van der Waals surface area contributed by atoms with Gasteiger partial charge in [0.2, 0.25) is 5.91 Å². The fourth-order valence-corrected chi connectivity index (χ4v) is 5.92. The van der Waals surface area contributed by atoms with Crippen molar-refractivity contribution in [1.82, 2.24) is 34.6 Å². The first kappa shape index (κ1) is 28.9. The zero-order chi connectivity index (χ0) is 31.9. The highest BCUT2D eigenvalue weighted by atomic mass is 19.1. The molecule has 7 rings (SSSR count). The number of amides is 1. The van der Waals surface area contributed by atoms with Gasteiger partial charge in [0.1, 0.15) is 41.5 Å². The van der Waals surface area contributed by atoms with E-state index in [4.69, 9.17) is 4.74 Å². The average molecular weight is 629 g/mol. The second kappa shape index (κ2) is 11.6. The molecule has 2 atom stereocenters. The Morgan fingerprint density at radius 1 is 1.13 bits per heavy atom. The van der Waals surface area contributed by atoms with Crippen molar-refractivity contribution in [2.75, 3.05) is 36.9 Å². The van der Waals surface area contributed by atoms with Crippen molar-refractivity contribution in [3.63, 3.8) is 0 Å². The summed E-state index contributed by atoms with van der Waals surface area (Å²) in [6, 6.07) is 8.92. The number of nitro benzene ring substituents is 1. The minimum Gasteiger partial charge on any atom is -0.458 e. The lowest BCUT2D eigenvalue weighted by Gasteiger charge is -2.28. The molecule has 234 valence electrons. The molecular formula is C30H26F2N10O4. The maximum atomic E-state index is 14.7. The molecule has 1 amide bonds. The molecule has 1 N–H and O–H groups in total. The summed E-state index contributed by atoms with van der Waals surface area (Å²) in [6.07, 6.45) is 4.54. The van der Waals surface area contributed by atoms with Crippen LogP contribution < -0.4 is 15.0 Å². The largest absolute Gasteiger partial charge is 0.458 e. The highest BCUT2D eigenvalue weighted by Crippen LogP contribution is 2.36. The number of hydrogen-bond acceptors (Lipinski definition) is 11. The molecule has 3 aromatic heterocycles. The van der Waals surface area contributed by atoms with Gasteiger partial charge in [-0.3, -0.25) is 14.9 Å². The van der Waals surface area contributed by atoms with Crippen molar-refractivity contribution >= 4 is 34.1 Å². The third-order valence-corrected chi connectivity index (χ3v) is 8.07. The highest BCUT2D eigenvalue weighted by molar-refractivity contribution is 5.92. The molecule has 1 fully saturated rings. The van der Waals surface area contributed by atoms with Gasteiger partial charge >= 0.3 is 6.01 Å². The maximum absolute atomic E-state index is 14.7. The Labute approximate surface area is 259 Å². The van der Waals surface area contributed by atoms with Gasteiger partial charge in [0, 0.05) is 50.5 Å². The number of anilines is 2. The van der Waals surface area contributed by atoms with Gasteiger partial charge in [-0.2, -0.15) is 10.1 Å². The van der Waals surface area contributed by atoms with Crippen LogP contribution in [0.25, 0.3) is 28.0 Å². The van der Waals surface area contributed by atoms with E-state index in [-0.39, 0.29) is 41.9 Å². The van der Waals surface area contributed by atoms with E-state index in [0.29, 0.717) is 47.7 Å². The molecule has 2 aliphatic heterocycles. The molecule has 0 spiro atoms. The van der Waals surface area contributed by atoms with Crippen LogP contribution in [0.15, 0.2) is 61.2 Å². The minimum atomic E-state index is -0.809. The van der Waals surface area contributed by atoms with E-state index < -0.39 is 28.7 Å². The number of nitrogens with one attached hydrogen (secondary N) is 1. The van der Waals surface area contributed by atoms with Crippen molar-refractivity contribution in [1.29, 1.82) is 0 Å². The lowest BCUT2D eigenvalue weighted by Crippen LogP contribution is -2.45. The minimum absolute atomic E-state index is 0.00928. The molecule has 0 radical (unpaired) electrons. The van der Waals surface area contributed by atoms with Crippen LogP contribution in [0.5, 0.6) is 6.01 Å². The first-order valence-corrected chi connectivity index (χ1v) is 14.5. The summed E-state index contributed by atoms with van der Waals surface area (Å²) in [4.78, 5) is 46.4. The second-order valence-electron chi connectivity index (χ2n) is 11.0. The Balaban J connectivity index is 1.27. The van der Waals surface area contributed by atoms with Gasteiger partial charge in [0.25, 0.3) is 5.69 Å². The molecule has 5 heterocycles. The third-order valence-electron chi connectivity index (χ3n) is 8.07. The fraction of sp³-hybridized carbons (Fsp3) is 0.267. The van der Waals surface area contributed by atoms with Crippen LogP contribution in [0.4, 0.5) is 26.0 Å². The summed E-state index contributed by atoms with van der Waals surface area (Å²) >= 11 is 0. The Hall–Kier alpha value is -5.80. The number of hydrogen-bond donors (Lipinski definition) is 1. The van der Waals surface area contributed by atoms with E-state index in [9.17, 15) is 23.7 Å². The summed E-state index contributed by atoms with van der Waals surface area (Å²) in [5.41, 5.74) is 1.46. The van der Waals surface area contributed by atoms with Gasteiger partial charge in [-0.05, 0) is 24.6 Å². The van der Waals surface area contributed by atoms with Crippen molar-refractivity contribution < 1.29 is 23.2 Å². The number of ether oxygens (including phenoxy) is 1. The number of likely N-dealkylation sites (N-methyl/N-ethyl adjacent to an activating group) is 1. The smallest absolute Gasteiger partial charge is 0.317 e. The van der Waals surface area contributed by atoms with E-state index in [1.165, 1.54) is 35.5 Å². The topological polar surface area (TPSA) is 157 Å². The quantitative estimate of drug-likeness (QED) is 0.229. The van der Waals surface area contributed by atoms with Crippen LogP contribution in [0, 0.1) is 21.7 Å². The Morgan fingerprint density at radius 3 is 2.83 bits per heavy atom.